The van der Waals surface area contributed by atoms with Gasteiger partial charge in [0.2, 0.25) is 0 Å². The fraction of sp³-hybridized carbons (Fsp3) is 0.462. The molecule has 0 amide bonds. The van der Waals surface area contributed by atoms with Crippen LogP contribution >= 0.6 is 0 Å². The molecule has 1 aliphatic rings. The SMILES string of the molecule is N[C@H](C(=O)O)c1ccc(N2CCCCC2)cc1. The number of hydrogen-bond donors (Lipinski definition) is 2. The number of aliphatic carboxylic acids is 1. The number of carboxylic acid groups (broad SMARTS) is 1. The molecule has 17 heavy (non-hydrogen) atoms. The Morgan fingerprint density at radius 2 is 1.76 bits per heavy atom. The van der Waals surface area contributed by atoms with Crippen molar-refractivity contribution in [3.8, 4) is 0 Å². The Kier molecular flexibility index (Phi) is 3.64. The van der Waals surface area contributed by atoms with Gasteiger partial charge in [-0.1, -0.05) is 12.1 Å². The third-order valence-electron chi connectivity index (χ3n) is 3.24. The Balaban J connectivity index is 2.09. The molecule has 0 unspecified atom stereocenters. The van der Waals surface area contributed by atoms with Crippen LogP contribution in [0.1, 0.15) is 30.9 Å². The van der Waals surface area contributed by atoms with Crippen LogP contribution in [-0.2, 0) is 4.79 Å². The molecular formula is C13H18N2O2. The molecule has 1 fully saturated rings. The van der Waals surface area contributed by atoms with Crippen molar-refractivity contribution in [1.82, 2.24) is 0 Å². The molecule has 4 heteroatoms. The number of anilines is 1. The molecule has 1 aromatic rings. The van der Waals surface area contributed by atoms with E-state index in [0.717, 1.165) is 18.8 Å². The zero-order valence-corrected chi connectivity index (χ0v) is 9.80. The van der Waals surface area contributed by atoms with E-state index in [1.54, 1.807) is 0 Å². The van der Waals surface area contributed by atoms with Crippen LogP contribution in [0.15, 0.2) is 24.3 Å². The van der Waals surface area contributed by atoms with Gasteiger partial charge in [-0.25, -0.2) is 0 Å². The maximum atomic E-state index is 10.8. The van der Waals surface area contributed by atoms with Crippen molar-refractivity contribution < 1.29 is 9.90 Å². The summed E-state index contributed by atoms with van der Waals surface area (Å²) in [6.45, 7) is 2.18. The smallest absolute Gasteiger partial charge is 0.325 e. The van der Waals surface area contributed by atoms with Crippen LogP contribution in [0.2, 0.25) is 0 Å². The van der Waals surface area contributed by atoms with E-state index in [0.29, 0.717) is 5.56 Å². The standard InChI is InChI=1S/C13H18N2O2/c14-12(13(16)17)10-4-6-11(7-5-10)15-8-2-1-3-9-15/h4-7,12H,1-3,8-9,14H2,(H,16,17)/t12-/m0/s1. The Bertz CT molecular complexity index is 383. The van der Waals surface area contributed by atoms with E-state index in [4.69, 9.17) is 10.8 Å². The molecule has 1 heterocycles. The summed E-state index contributed by atoms with van der Waals surface area (Å²) in [5.74, 6) is -0.990. The number of benzene rings is 1. The fourth-order valence-corrected chi connectivity index (χ4v) is 2.19. The van der Waals surface area contributed by atoms with E-state index in [1.165, 1.54) is 19.3 Å². The van der Waals surface area contributed by atoms with Gasteiger partial charge in [-0.2, -0.15) is 0 Å². The highest BCUT2D eigenvalue weighted by molar-refractivity contribution is 5.75. The lowest BCUT2D eigenvalue weighted by Gasteiger charge is -2.29. The van der Waals surface area contributed by atoms with Crippen molar-refractivity contribution in [2.45, 2.75) is 25.3 Å². The molecule has 0 radical (unpaired) electrons. The van der Waals surface area contributed by atoms with E-state index in [1.807, 2.05) is 24.3 Å². The monoisotopic (exact) mass is 234 g/mol. The van der Waals surface area contributed by atoms with Crippen LogP contribution in [0.3, 0.4) is 0 Å². The van der Waals surface area contributed by atoms with Crippen molar-refractivity contribution in [3.05, 3.63) is 29.8 Å². The Labute approximate surface area is 101 Å². The first-order valence-corrected chi connectivity index (χ1v) is 6.02. The summed E-state index contributed by atoms with van der Waals surface area (Å²) in [6.07, 6.45) is 3.77. The number of carbonyl (C=O) groups is 1. The molecule has 1 aromatic carbocycles. The average Bonchev–Trinajstić information content (AvgIpc) is 2.39. The molecule has 4 nitrogen and oxygen atoms in total. The summed E-state index contributed by atoms with van der Waals surface area (Å²) in [5, 5.41) is 8.82. The number of carboxylic acids is 1. The molecule has 0 saturated carbocycles. The minimum atomic E-state index is -0.990. The normalized spacial score (nSPS) is 17.8. The molecule has 1 saturated heterocycles. The molecule has 0 aliphatic carbocycles. The fourth-order valence-electron chi connectivity index (χ4n) is 2.19. The maximum Gasteiger partial charge on any atom is 0.325 e. The Morgan fingerprint density at radius 1 is 1.18 bits per heavy atom. The van der Waals surface area contributed by atoms with E-state index in [2.05, 4.69) is 4.90 Å². The molecule has 3 N–H and O–H groups in total. The zero-order valence-electron chi connectivity index (χ0n) is 9.80. The van der Waals surface area contributed by atoms with Crippen LogP contribution in [-0.4, -0.2) is 24.2 Å². The first-order valence-electron chi connectivity index (χ1n) is 6.02. The topological polar surface area (TPSA) is 66.6 Å². The minimum absolute atomic E-state index is 0.651. The van der Waals surface area contributed by atoms with Crippen molar-refractivity contribution in [3.63, 3.8) is 0 Å². The highest BCUT2D eigenvalue weighted by Gasteiger charge is 2.15. The molecule has 92 valence electrons. The summed E-state index contributed by atoms with van der Waals surface area (Å²) in [4.78, 5) is 13.1. The van der Waals surface area contributed by atoms with Crippen molar-refractivity contribution in [1.29, 1.82) is 0 Å². The van der Waals surface area contributed by atoms with Crippen molar-refractivity contribution in [2.24, 2.45) is 5.73 Å². The van der Waals surface area contributed by atoms with Gasteiger partial charge in [-0.15, -0.1) is 0 Å². The van der Waals surface area contributed by atoms with Gasteiger partial charge in [-0.05, 0) is 37.0 Å². The second-order valence-corrected chi connectivity index (χ2v) is 4.46. The molecule has 2 rings (SSSR count). The Hall–Kier alpha value is -1.55. The van der Waals surface area contributed by atoms with Crippen LogP contribution < -0.4 is 10.6 Å². The minimum Gasteiger partial charge on any atom is -0.480 e. The summed E-state index contributed by atoms with van der Waals surface area (Å²) in [7, 11) is 0. The number of nitrogens with two attached hydrogens (primary N) is 1. The maximum absolute atomic E-state index is 10.8. The Morgan fingerprint density at radius 3 is 2.29 bits per heavy atom. The van der Waals surface area contributed by atoms with E-state index >= 15 is 0 Å². The zero-order chi connectivity index (χ0) is 12.3. The first-order chi connectivity index (χ1) is 8.18. The number of hydrogen-bond acceptors (Lipinski definition) is 3. The number of piperidine rings is 1. The van der Waals surface area contributed by atoms with E-state index in [9.17, 15) is 4.79 Å². The van der Waals surface area contributed by atoms with Gasteiger partial charge in [0.1, 0.15) is 6.04 Å². The second kappa shape index (κ2) is 5.19. The van der Waals surface area contributed by atoms with Crippen LogP contribution in [0.5, 0.6) is 0 Å². The highest BCUT2D eigenvalue weighted by atomic mass is 16.4. The number of nitrogens with zero attached hydrogens (tertiary/aromatic N) is 1. The molecule has 0 spiro atoms. The van der Waals surface area contributed by atoms with Gasteiger partial charge < -0.3 is 15.7 Å². The van der Waals surface area contributed by atoms with Gasteiger partial charge >= 0.3 is 5.97 Å². The third-order valence-corrected chi connectivity index (χ3v) is 3.24. The van der Waals surface area contributed by atoms with Gasteiger partial charge in [-0.3, -0.25) is 4.79 Å². The van der Waals surface area contributed by atoms with E-state index < -0.39 is 12.0 Å². The van der Waals surface area contributed by atoms with Crippen LogP contribution in [0.4, 0.5) is 5.69 Å². The largest absolute Gasteiger partial charge is 0.480 e. The number of rotatable bonds is 3. The molecular weight excluding hydrogens is 216 g/mol. The molecule has 0 aromatic heterocycles. The van der Waals surface area contributed by atoms with E-state index in [-0.39, 0.29) is 0 Å². The first kappa shape index (κ1) is 11.9. The lowest BCUT2D eigenvalue weighted by Crippen LogP contribution is -2.29. The molecule has 0 bridgehead atoms. The van der Waals surface area contributed by atoms with Crippen molar-refractivity contribution >= 4 is 11.7 Å². The summed E-state index contributed by atoms with van der Waals surface area (Å²) < 4.78 is 0. The van der Waals surface area contributed by atoms with Crippen LogP contribution in [0, 0.1) is 0 Å². The van der Waals surface area contributed by atoms with Gasteiger partial charge in [0, 0.05) is 18.8 Å². The summed E-state index contributed by atoms with van der Waals surface area (Å²) in [6, 6.07) is 6.61. The van der Waals surface area contributed by atoms with Gasteiger partial charge in [0.15, 0.2) is 0 Å². The summed E-state index contributed by atoms with van der Waals surface area (Å²) in [5.41, 5.74) is 7.36. The highest BCUT2D eigenvalue weighted by Crippen LogP contribution is 2.21. The molecule has 1 atom stereocenters. The lowest BCUT2D eigenvalue weighted by atomic mass is 10.1. The lowest BCUT2D eigenvalue weighted by molar-refractivity contribution is -0.138. The quantitative estimate of drug-likeness (QED) is 0.836. The van der Waals surface area contributed by atoms with Gasteiger partial charge in [0.05, 0.1) is 0 Å². The predicted molar refractivity (Wildman–Crippen MR) is 67.1 cm³/mol. The van der Waals surface area contributed by atoms with Crippen molar-refractivity contribution in [2.75, 3.05) is 18.0 Å². The van der Waals surface area contributed by atoms with Gasteiger partial charge in [0.25, 0.3) is 0 Å². The third kappa shape index (κ3) is 2.77. The van der Waals surface area contributed by atoms with Crippen LogP contribution in [0.25, 0.3) is 0 Å². The predicted octanol–water partition coefficient (Wildman–Crippen LogP) is 1.76. The summed E-state index contributed by atoms with van der Waals surface area (Å²) >= 11 is 0. The second-order valence-electron chi connectivity index (χ2n) is 4.46. The average molecular weight is 234 g/mol. The molecule has 1 aliphatic heterocycles.